The Labute approximate surface area is 165 Å². The number of phenolic OH excluding ortho intramolecular Hbond substituents is 1. The fourth-order valence-electron chi connectivity index (χ4n) is 4.11. The molecular formula is C22H27NO5. The van der Waals surface area contributed by atoms with Gasteiger partial charge in [-0.3, -0.25) is 14.6 Å². The van der Waals surface area contributed by atoms with Gasteiger partial charge in [0.05, 0.1) is 6.61 Å². The number of aliphatic imine (C=N–C) groups is 1. The highest BCUT2D eigenvalue weighted by Crippen LogP contribution is 2.48. The third-order valence-electron chi connectivity index (χ3n) is 5.34. The molecule has 6 heteroatoms. The second kappa shape index (κ2) is 7.87. The number of nitrogens with zero attached hydrogens (tertiary/aromatic N) is 1. The van der Waals surface area contributed by atoms with Crippen LogP contribution in [-0.2, 0) is 19.1 Å². The number of rotatable bonds is 5. The maximum Gasteiger partial charge on any atom is 0.315 e. The molecule has 6 nitrogen and oxygen atoms in total. The number of carbonyl (C=O) groups is 2. The number of allylic oxidation sites excluding steroid dienone is 2. The Morgan fingerprint density at radius 3 is 2.54 bits per heavy atom. The molecule has 0 saturated heterocycles. The molecule has 0 saturated carbocycles. The SMILES string of the molecule is COCCOC(=O)C1C(C)=NC2=C(C(=O)CC(C)(C)C2)[C@@H]1c1ccc(O)cc1. The summed E-state index contributed by atoms with van der Waals surface area (Å²) in [5.74, 6) is -1.40. The summed E-state index contributed by atoms with van der Waals surface area (Å²) >= 11 is 0. The number of aromatic hydroxyl groups is 1. The standard InChI is InChI=1S/C22H27NO5/c1-13-18(21(26)28-10-9-27-4)19(14-5-7-15(24)8-6-14)20-16(23-13)11-22(2,3)12-17(20)25/h5-8,18-19,24H,9-12H2,1-4H3/t18?,19-/m1/s1. The van der Waals surface area contributed by atoms with Gasteiger partial charge in [0, 0.05) is 36.4 Å². The van der Waals surface area contributed by atoms with Crippen LogP contribution < -0.4 is 0 Å². The van der Waals surface area contributed by atoms with Crippen LogP contribution in [0.3, 0.4) is 0 Å². The van der Waals surface area contributed by atoms with E-state index in [9.17, 15) is 14.7 Å². The summed E-state index contributed by atoms with van der Waals surface area (Å²) in [7, 11) is 1.54. The first kappa shape index (κ1) is 20.3. The van der Waals surface area contributed by atoms with E-state index in [4.69, 9.17) is 9.47 Å². The molecule has 1 aliphatic carbocycles. The maximum absolute atomic E-state index is 13.1. The smallest absolute Gasteiger partial charge is 0.315 e. The van der Waals surface area contributed by atoms with Crippen molar-refractivity contribution < 1.29 is 24.2 Å². The number of hydrogen-bond donors (Lipinski definition) is 1. The molecule has 0 bridgehead atoms. The number of ether oxygens (including phenoxy) is 2. The van der Waals surface area contributed by atoms with Crippen molar-refractivity contribution in [3.63, 3.8) is 0 Å². The van der Waals surface area contributed by atoms with Crippen LogP contribution in [0.15, 0.2) is 40.5 Å². The van der Waals surface area contributed by atoms with Crippen molar-refractivity contribution in [1.82, 2.24) is 0 Å². The molecule has 2 atom stereocenters. The van der Waals surface area contributed by atoms with Gasteiger partial charge in [-0.05, 0) is 36.5 Å². The predicted molar refractivity (Wildman–Crippen MR) is 105 cm³/mol. The summed E-state index contributed by atoms with van der Waals surface area (Å²) in [6, 6.07) is 6.65. The molecule has 1 heterocycles. The first-order valence-corrected chi connectivity index (χ1v) is 9.49. The maximum atomic E-state index is 13.1. The minimum atomic E-state index is -0.676. The lowest BCUT2D eigenvalue weighted by Gasteiger charge is -2.39. The Hall–Kier alpha value is -2.47. The van der Waals surface area contributed by atoms with Crippen LogP contribution in [0.1, 0.15) is 45.1 Å². The van der Waals surface area contributed by atoms with Crippen molar-refractivity contribution in [2.45, 2.75) is 39.5 Å². The van der Waals surface area contributed by atoms with E-state index in [1.54, 1.807) is 31.4 Å². The van der Waals surface area contributed by atoms with E-state index in [1.807, 2.05) is 6.92 Å². The predicted octanol–water partition coefficient (Wildman–Crippen LogP) is 3.40. The number of benzene rings is 1. The van der Waals surface area contributed by atoms with E-state index in [0.717, 1.165) is 11.3 Å². The molecule has 1 aromatic carbocycles. The molecule has 3 rings (SSSR count). The molecule has 150 valence electrons. The van der Waals surface area contributed by atoms with Crippen molar-refractivity contribution in [3.8, 4) is 5.75 Å². The average molecular weight is 385 g/mol. The highest BCUT2D eigenvalue weighted by molar-refractivity contribution is 6.09. The normalized spacial score (nSPS) is 23.9. The monoisotopic (exact) mass is 385 g/mol. The molecule has 0 radical (unpaired) electrons. The van der Waals surface area contributed by atoms with Gasteiger partial charge in [0.1, 0.15) is 18.3 Å². The van der Waals surface area contributed by atoms with E-state index in [0.29, 0.717) is 30.7 Å². The molecule has 1 unspecified atom stereocenters. The van der Waals surface area contributed by atoms with Gasteiger partial charge in [-0.2, -0.15) is 0 Å². The summed E-state index contributed by atoms with van der Waals surface area (Å²) < 4.78 is 10.4. The third kappa shape index (κ3) is 4.02. The van der Waals surface area contributed by atoms with Gasteiger partial charge in [-0.1, -0.05) is 26.0 Å². The number of methoxy groups -OCH3 is 1. The van der Waals surface area contributed by atoms with Crippen LogP contribution in [0.2, 0.25) is 0 Å². The minimum Gasteiger partial charge on any atom is -0.508 e. The van der Waals surface area contributed by atoms with E-state index in [-0.39, 0.29) is 23.6 Å². The van der Waals surface area contributed by atoms with E-state index in [2.05, 4.69) is 18.8 Å². The van der Waals surface area contributed by atoms with E-state index < -0.39 is 17.8 Å². The molecule has 0 fully saturated rings. The van der Waals surface area contributed by atoms with Gasteiger partial charge in [0.15, 0.2) is 5.78 Å². The zero-order valence-electron chi connectivity index (χ0n) is 16.8. The largest absolute Gasteiger partial charge is 0.508 e. The third-order valence-corrected chi connectivity index (χ3v) is 5.34. The summed E-state index contributed by atoms with van der Waals surface area (Å²) in [4.78, 5) is 30.7. The number of carbonyl (C=O) groups excluding carboxylic acids is 2. The number of hydrogen-bond acceptors (Lipinski definition) is 6. The number of Topliss-reactive ketones (excluding diaryl/α,β-unsaturated/α-hetero) is 1. The van der Waals surface area contributed by atoms with Crippen LogP contribution in [0.5, 0.6) is 5.75 Å². The summed E-state index contributed by atoms with van der Waals surface area (Å²) in [6.45, 7) is 6.37. The van der Waals surface area contributed by atoms with Gasteiger partial charge in [0.2, 0.25) is 0 Å². The average Bonchev–Trinajstić information content (AvgIpc) is 2.60. The van der Waals surface area contributed by atoms with Gasteiger partial charge in [0.25, 0.3) is 0 Å². The van der Waals surface area contributed by atoms with Gasteiger partial charge in [-0.15, -0.1) is 0 Å². The van der Waals surface area contributed by atoms with E-state index >= 15 is 0 Å². The second-order valence-electron chi connectivity index (χ2n) is 8.26. The van der Waals surface area contributed by atoms with Crippen molar-refractivity contribution in [2.24, 2.45) is 16.3 Å². The zero-order valence-corrected chi connectivity index (χ0v) is 16.8. The Morgan fingerprint density at radius 1 is 1.21 bits per heavy atom. The number of esters is 1. The summed E-state index contributed by atoms with van der Waals surface area (Å²) in [5.41, 5.74) is 2.64. The fourth-order valence-corrected chi connectivity index (χ4v) is 4.11. The molecule has 28 heavy (non-hydrogen) atoms. The van der Waals surface area contributed by atoms with E-state index in [1.165, 1.54) is 0 Å². The highest BCUT2D eigenvalue weighted by atomic mass is 16.6. The van der Waals surface area contributed by atoms with Crippen LogP contribution in [0.25, 0.3) is 0 Å². The molecular weight excluding hydrogens is 358 g/mol. The zero-order chi connectivity index (χ0) is 20.5. The van der Waals surface area contributed by atoms with Gasteiger partial charge < -0.3 is 14.6 Å². The molecule has 0 spiro atoms. The van der Waals surface area contributed by atoms with Crippen LogP contribution in [-0.4, -0.2) is 42.9 Å². The van der Waals surface area contributed by atoms with Crippen molar-refractivity contribution in [3.05, 3.63) is 41.1 Å². The molecule has 1 N–H and O–H groups in total. The van der Waals surface area contributed by atoms with Crippen LogP contribution in [0, 0.1) is 11.3 Å². The second-order valence-corrected chi connectivity index (χ2v) is 8.26. The highest BCUT2D eigenvalue weighted by Gasteiger charge is 2.45. The van der Waals surface area contributed by atoms with Crippen molar-refractivity contribution in [1.29, 1.82) is 0 Å². The lowest BCUT2D eigenvalue weighted by molar-refractivity contribution is -0.147. The Balaban J connectivity index is 2.06. The summed E-state index contributed by atoms with van der Waals surface area (Å²) in [5, 5.41) is 9.67. The molecule has 1 aromatic rings. The molecule has 0 amide bonds. The Morgan fingerprint density at radius 2 is 1.89 bits per heavy atom. The van der Waals surface area contributed by atoms with Crippen molar-refractivity contribution >= 4 is 17.5 Å². The fraction of sp³-hybridized carbons (Fsp3) is 0.500. The first-order valence-electron chi connectivity index (χ1n) is 9.49. The van der Waals surface area contributed by atoms with Crippen LogP contribution in [0.4, 0.5) is 0 Å². The number of ketones is 1. The number of phenols is 1. The lowest BCUT2D eigenvalue weighted by atomic mass is 9.67. The summed E-state index contributed by atoms with van der Waals surface area (Å²) in [6.07, 6.45) is 1.10. The molecule has 2 aliphatic rings. The Bertz CT molecular complexity index is 835. The van der Waals surface area contributed by atoms with Gasteiger partial charge in [-0.25, -0.2) is 0 Å². The molecule has 1 aliphatic heterocycles. The van der Waals surface area contributed by atoms with Crippen molar-refractivity contribution in [2.75, 3.05) is 20.3 Å². The Kier molecular flexibility index (Phi) is 5.70. The topological polar surface area (TPSA) is 85.2 Å². The minimum absolute atomic E-state index is 0.0234. The molecule has 0 aromatic heterocycles. The lowest BCUT2D eigenvalue weighted by Crippen LogP contribution is -2.39. The van der Waals surface area contributed by atoms with Gasteiger partial charge >= 0.3 is 5.97 Å². The first-order chi connectivity index (χ1) is 13.2. The quantitative estimate of drug-likeness (QED) is 0.620. The van der Waals surface area contributed by atoms with Crippen LogP contribution >= 0.6 is 0 Å².